The molecule has 25 heavy (non-hydrogen) atoms. The van der Waals surface area contributed by atoms with Crippen molar-refractivity contribution in [2.45, 2.75) is 6.18 Å². The molecular formula is C15H15F3N6O. The monoisotopic (exact) mass is 352 g/mol. The van der Waals surface area contributed by atoms with Gasteiger partial charge >= 0.3 is 6.18 Å². The van der Waals surface area contributed by atoms with Gasteiger partial charge in [-0.05, 0) is 18.2 Å². The van der Waals surface area contributed by atoms with E-state index < -0.39 is 11.7 Å². The van der Waals surface area contributed by atoms with Crippen molar-refractivity contribution in [3.8, 4) is 0 Å². The van der Waals surface area contributed by atoms with Gasteiger partial charge in [0.15, 0.2) is 5.82 Å². The number of nitrogens with one attached hydrogen (secondary N) is 2. The third kappa shape index (κ3) is 3.62. The standard InChI is InChI=1S/C15H15F3N6O/c16-15(17,18)10-2-1-3-11(8-10)23-4-6-24(7-5-23)13-9-12(25-22-13)14(19)21-20/h1-3,8-9,19-20H,4-7H2. The highest BCUT2D eigenvalue weighted by molar-refractivity contribution is 5.94. The van der Waals surface area contributed by atoms with Gasteiger partial charge in [-0.25, -0.2) is 5.53 Å². The average molecular weight is 352 g/mol. The first kappa shape index (κ1) is 16.9. The van der Waals surface area contributed by atoms with Crippen molar-refractivity contribution in [3.63, 3.8) is 0 Å². The molecule has 0 atom stereocenters. The van der Waals surface area contributed by atoms with E-state index in [4.69, 9.17) is 15.5 Å². The Hall–Kier alpha value is -2.91. The van der Waals surface area contributed by atoms with E-state index in [-0.39, 0.29) is 11.6 Å². The minimum absolute atomic E-state index is 0.102. The first-order valence-electron chi connectivity index (χ1n) is 7.49. The molecule has 0 unspecified atom stereocenters. The number of anilines is 2. The second-order valence-corrected chi connectivity index (χ2v) is 5.53. The number of halogens is 3. The molecule has 1 saturated heterocycles. The summed E-state index contributed by atoms with van der Waals surface area (Å²) in [6, 6.07) is 6.81. The van der Waals surface area contributed by atoms with E-state index in [0.717, 1.165) is 12.1 Å². The number of piperazine rings is 1. The zero-order chi connectivity index (χ0) is 18.0. The summed E-state index contributed by atoms with van der Waals surface area (Å²) in [6.45, 7) is 2.16. The zero-order valence-corrected chi connectivity index (χ0v) is 13.0. The lowest BCUT2D eigenvalue weighted by Gasteiger charge is -2.36. The lowest BCUT2D eigenvalue weighted by Crippen LogP contribution is -2.46. The Morgan fingerprint density at radius 3 is 2.44 bits per heavy atom. The molecule has 2 N–H and O–H groups in total. The highest BCUT2D eigenvalue weighted by atomic mass is 19.4. The van der Waals surface area contributed by atoms with E-state index in [9.17, 15) is 13.2 Å². The number of amidine groups is 1. The van der Waals surface area contributed by atoms with E-state index in [0.29, 0.717) is 37.7 Å². The van der Waals surface area contributed by atoms with Crippen LogP contribution in [-0.4, -0.2) is 37.2 Å². The molecule has 0 aliphatic carbocycles. The Balaban J connectivity index is 1.67. The summed E-state index contributed by atoms with van der Waals surface area (Å²) in [5.74, 6) is 0.304. The largest absolute Gasteiger partial charge is 0.416 e. The molecule has 132 valence electrons. The van der Waals surface area contributed by atoms with Gasteiger partial charge in [0.2, 0.25) is 11.6 Å². The van der Waals surface area contributed by atoms with E-state index in [1.165, 1.54) is 12.1 Å². The molecule has 0 bridgehead atoms. The van der Waals surface area contributed by atoms with Gasteiger partial charge in [-0.15, -0.1) is 5.11 Å². The van der Waals surface area contributed by atoms with Gasteiger partial charge in [-0.3, -0.25) is 5.41 Å². The van der Waals surface area contributed by atoms with Crippen LogP contribution < -0.4 is 9.80 Å². The fourth-order valence-corrected chi connectivity index (χ4v) is 2.65. The van der Waals surface area contributed by atoms with Crippen molar-refractivity contribution in [1.82, 2.24) is 5.16 Å². The first-order valence-corrected chi connectivity index (χ1v) is 7.49. The topological polar surface area (TPSA) is 92.6 Å². The van der Waals surface area contributed by atoms with Crippen LogP contribution in [-0.2, 0) is 6.18 Å². The molecule has 10 heteroatoms. The quantitative estimate of drug-likeness (QED) is 0.503. The maximum atomic E-state index is 12.8. The van der Waals surface area contributed by atoms with Gasteiger partial charge in [-0.1, -0.05) is 11.2 Å². The van der Waals surface area contributed by atoms with Crippen LogP contribution >= 0.6 is 0 Å². The van der Waals surface area contributed by atoms with Gasteiger partial charge in [0, 0.05) is 37.9 Å². The van der Waals surface area contributed by atoms with Crippen LogP contribution in [0.2, 0.25) is 0 Å². The minimum atomic E-state index is -4.36. The fraction of sp³-hybridized carbons (Fsp3) is 0.333. The third-order valence-corrected chi connectivity index (χ3v) is 3.99. The van der Waals surface area contributed by atoms with Crippen LogP contribution in [0.5, 0.6) is 0 Å². The predicted octanol–water partition coefficient (Wildman–Crippen LogP) is 3.38. The Bertz CT molecular complexity index is 780. The molecule has 1 fully saturated rings. The molecule has 0 spiro atoms. The second-order valence-electron chi connectivity index (χ2n) is 5.53. The molecule has 1 aromatic carbocycles. The van der Waals surface area contributed by atoms with Gasteiger partial charge < -0.3 is 14.3 Å². The normalized spacial score (nSPS) is 15.3. The number of nitrogens with zero attached hydrogens (tertiary/aromatic N) is 4. The summed E-state index contributed by atoms with van der Waals surface area (Å²) in [5, 5.41) is 14.2. The third-order valence-electron chi connectivity index (χ3n) is 3.99. The highest BCUT2D eigenvalue weighted by Gasteiger charge is 2.31. The SMILES string of the molecule is N=NC(=N)c1cc(N2CCN(c3cccc(C(F)(F)F)c3)CC2)no1. The minimum Gasteiger partial charge on any atom is -0.368 e. The maximum absolute atomic E-state index is 12.8. The van der Waals surface area contributed by atoms with E-state index >= 15 is 0 Å². The maximum Gasteiger partial charge on any atom is 0.416 e. The predicted molar refractivity (Wildman–Crippen MR) is 84.3 cm³/mol. The molecule has 2 aromatic rings. The molecule has 1 aromatic heterocycles. The summed E-state index contributed by atoms with van der Waals surface area (Å²) in [5.41, 5.74) is 6.67. The number of hydrogen-bond donors (Lipinski definition) is 2. The Labute approximate surface area is 141 Å². The number of rotatable bonds is 3. The number of alkyl halides is 3. The van der Waals surface area contributed by atoms with E-state index in [1.54, 1.807) is 6.07 Å². The van der Waals surface area contributed by atoms with Crippen LogP contribution in [0.25, 0.3) is 0 Å². The molecule has 7 nitrogen and oxygen atoms in total. The van der Waals surface area contributed by atoms with E-state index in [1.807, 2.05) is 9.80 Å². The molecule has 2 heterocycles. The van der Waals surface area contributed by atoms with Crippen LogP contribution in [0.1, 0.15) is 11.3 Å². The molecule has 1 aliphatic rings. The number of aromatic nitrogens is 1. The second kappa shape index (κ2) is 6.54. The van der Waals surface area contributed by atoms with Crippen LogP contribution in [0, 0.1) is 10.9 Å². The molecule has 3 rings (SSSR count). The van der Waals surface area contributed by atoms with Crippen molar-refractivity contribution >= 4 is 17.3 Å². The van der Waals surface area contributed by atoms with Crippen molar-refractivity contribution in [3.05, 3.63) is 41.7 Å². The highest BCUT2D eigenvalue weighted by Crippen LogP contribution is 2.32. The Kier molecular flexibility index (Phi) is 4.43. The fourth-order valence-electron chi connectivity index (χ4n) is 2.65. The number of hydrogen-bond acceptors (Lipinski definition) is 6. The summed E-state index contributed by atoms with van der Waals surface area (Å²) < 4.78 is 43.5. The molecular weight excluding hydrogens is 337 g/mol. The lowest BCUT2D eigenvalue weighted by molar-refractivity contribution is -0.137. The van der Waals surface area contributed by atoms with E-state index in [2.05, 4.69) is 10.3 Å². The van der Waals surface area contributed by atoms with Gasteiger partial charge in [-0.2, -0.15) is 13.2 Å². The molecule has 0 radical (unpaired) electrons. The van der Waals surface area contributed by atoms with Crippen molar-refractivity contribution in [1.29, 1.82) is 10.9 Å². The summed E-state index contributed by atoms with van der Waals surface area (Å²) in [6.07, 6.45) is -4.36. The van der Waals surface area contributed by atoms with Crippen molar-refractivity contribution in [2.75, 3.05) is 36.0 Å². The molecule has 0 amide bonds. The van der Waals surface area contributed by atoms with Gasteiger partial charge in [0.25, 0.3) is 0 Å². The first-order chi connectivity index (χ1) is 11.9. The molecule has 0 saturated carbocycles. The average Bonchev–Trinajstić information content (AvgIpc) is 3.11. The van der Waals surface area contributed by atoms with Crippen molar-refractivity contribution < 1.29 is 17.7 Å². The van der Waals surface area contributed by atoms with Crippen LogP contribution in [0.15, 0.2) is 40.0 Å². The summed E-state index contributed by atoms with van der Waals surface area (Å²) in [4.78, 5) is 3.79. The van der Waals surface area contributed by atoms with Gasteiger partial charge in [0.1, 0.15) is 0 Å². The smallest absolute Gasteiger partial charge is 0.368 e. The van der Waals surface area contributed by atoms with Crippen molar-refractivity contribution in [2.24, 2.45) is 5.11 Å². The van der Waals surface area contributed by atoms with Crippen LogP contribution in [0.4, 0.5) is 24.7 Å². The summed E-state index contributed by atoms with van der Waals surface area (Å²) in [7, 11) is 0. The van der Waals surface area contributed by atoms with Gasteiger partial charge in [0.05, 0.1) is 5.56 Å². The molecule has 1 aliphatic heterocycles. The Morgan fingerprint density at radius 2 is 1.80 bits per heavy atom. The summed E-state index contributed by atoms with van der Waals surface area (Å²) >= 11 is 0. The Morgan fingerprint density at radius 1 is 1.12 bits per heavy atom. The lowest BCUT2D eigenvalue weighted by atomic mass is 10.1. The zero-order valence-electron chi connectivity index (χ0n) is 13.0. The number of benzene rings is 1. The van der Waals surface area contributed by atoms with Crippen LogP contribution in [0.3, 0.4) is 0 Å².